The summed E-state index contributed by atoms with van der Waals surface area (Å²) in [6, 6.07) is 10.0. The molecule has 1 amide bonds. The third kappa shape index (κ3) is 2.34. The minimum Gasteiger partial charge on any atom is -0.353 e. The van der Waals surface area contributed by atoms with Crippen LogP contribution in [0.15, 0.2) is 36.4 Å². The van der Waals surface area contributed by atoms with Crippen molar-refractivity contribution in [3.8, 4) is 0 Å². The summed E-state index contributed by atoms with van der Waals surface area (Å²) in [7, 11) is 0. The highest BCUT2D eigenvalue weighted by Crippen LogP contribution is 2.34. The molecule has 0 aliphatic carbocycles. The van der Waals surface area contributed by atoms with Gasteiger partial charge in [0.05, 0.1) is 5.56 Å². The average molecular weight is 284 g/mol. The highest BCUT2D eigenvalue weighted by Gasteiger charge is 2.26. The van der Waals surface area contributed by atoms with Gasteiger partial charge in [-0.2, -0.15) is 0 Å². The molecule has 1 aromatic carbocycles. The zero-order valence-corrected chi connectivity index (χ0v) is 12.3. The highest BCUT2D eigenvalue weighted by molar-refractivity contribution is 7.16. The van der Waals surface area contributed by atoms with Gasteiger partial charge in [0.2, 0.25) is 0 Å². The number of rotatable bonds is 2. The molecule has 2 N–H and O–H groups in total. The van der Waals surface area contributed by atoms with Crippen LogP contribution in [0.2, 0.25) is 0 Å². The van der Waals surface area contributed by atoms with Crippen molar-refractivity contribution < 1.29 is 4.79 Å². The number of nitrogens with one attached hydrogen (secondary N) is 2. The van der Waals surface area contributed by atoms with Gasteiger partial charge < -0.3 is 10.6 Å². The molecular weight excluding hydrogens is 268 g/mol. The average Bonchev–Trinajstić information content (AvgIpc) is 2.73. The van der Waals surface area contributed by atoms with Crippen molar-refractivity contribution in [3.63, 3.8) is 0 Å². The van der Waals surface area contributed by atoms with E-state index in [0.29, 0.717) is 0 Å². The zero-order chi connectivity index (χ0) is 14.1. The maximum absolute atomic E-state index is 12.2. The van der Waals surface area contributed by atoms with Gasteiger partial charge in [-0.1, -0.05) is 36.4 Å². The summed E-state index contributed by atoms with van der Waals surface area (Å²) in [6.07, 6.45) is 3.82. The molecule has 0 saturated carbocycles. The summed E-state index contributed by atoms with van der Waals surface area (Å²) in [5.41, 5.74) is 2.98. The maximum Gasteiger partial charge on any atom is 0.256 e. The molecule has 1 aliphatic heterocycles. The van der Waals surface area contributed by atoms with Crippen LogP contribution >= 0.6 is 11.3 Å². The Morgan fingerprint density at radius 1 is 1.15 bits per heavy atom. The van der Waals surface area contributed by atoms with Crippen LogP contribution in [0.1, 0.15) is 26.4 Å². The number of hydrogen-bond acceptors (Lipinski definition) is 3. The Labute approximate surface area is 122 Å². The van der Waals surface area contributed by atoms with Crippen LogP contribution in [0.3, 0.4) is 0 Å². The molecule has 0 unspecified atom stereocenters. The Morgan fingerprint density at radius 3 is 2.65 bits per heavy atom. The molecule has 1 aliphatic rings. The van der Waals surface area contributed by atoms with Gasteiger partial charge in [0.25, 0.3) is 5.91 Å². The van der Waals surface area contributed by atoms with Crippen molar-refractivity contribution in [3.05, 3.63) is 58.0 Å². The van der Waals surface area contributed by atoms with Crippen molar-refractivity contribution >= 4 is 28.3 Å². The Kier molecular flexibility index (Phi) is 3.32. The van der Waals surface area contributed by atoms with E-state index < -0.39 is 0 Å². The predicted octanol–water partition coefficient (Wildman–Crippen LogP) is 3.56. The lowest BCUT2D eigenvalue weighted by atomic mass is 10.1. The number of anilines is 1. The zero-order valence-electron chi connectivity index (χ0n) is 11.4. The summed E-state index contributed by atoms with van der Waals surface area (Å²) in [5.74, 6) is 0.00307. The van der Waals surface area contributed by atoms with Gasteiger partial charge in [-0.3, -0.25) is 4.79 Å². The van der Waals surface area contributed by atoms with Crippen molar-refractivity contribution in [2.24, 2.45) is 0 Å². The van der Waals surface area contributed by atoms with Gasteiger partial charge in [-0.25, -0.2) is 0 Å². The monoisotopic (exact) mass is 284 g/mol. The molecule has 0 spiro atoms. The lowest BCUT2D eigenvalue weighted by Crippen LogP contribution is -2.43. The molecule has 4 heteroatoms. The number of hydrogen-bond donors (Lipinski definition) is 2. The van der Waals surface area contributed by atoms with Crippen molar-refractivity contribution in [2.45, 2.75) is 20.0 Å². The molecule has 2 aromatic rings. The maximum atomic E-state index is 12.2. The van der Waals surface area contributed by atoms with Gasteiger partial charge in [0.15, 0.2) is 0 Å². The molecule has 0 saturated heterocycles. The first kappa shape index (κ1) is 12.9. The molecule has 1 aromatic heterocycles. The number of thiophene rings is 1. The van der Waals surface area contributed by atoms with E-state index in [1.807, 2.05) is 56.3 Å². The Morgan fingerprint density at radius 2 is 1.90 bits per heavy atom. The predicted molar refractivity (Wildman–Crippen MR) is 84.1 cm³/mol. The highest BCUT2D eigenvalue weighted by atomic mass is 32.1. The molecule has 3 nitrogen and oxygen atoms in total. The number of carbonyl (C=O) groups is 1. The molecule has 2 heterocycles. The fourth-order valence-corrected chi connectivity index (χ4v) is 3.36. The van der Waals surface area contributed by atoms with Crippen LogP contribution in [0.4, 0.5) is 5.00 Å². The first-order valence-electron chi connectivity index (χ1n) is 6.56. The third-order valence-corrected chi connectivity index (χ3v) is 4.60. The van der Waals surface area contributed by atoms with Gasteiger partial charge in [-0.05, 0) is 31.1 Å². The molecule has 0 bridgehead atoms. The summed E-state index contributed by atoms with van der Waals surface area (Å²) in [6.45, 7) is 4.04. The minimum absolute atomic E-state index is 0.00307. The van der Waals surface area contributed by atoms with E-state index >= 15 is 0 Å². The standard InChI is InChI=1S/C16H16N2OS/c1-10-11(2)20-16-14(10)15(19)17-13(18-16)9-8-12-6-4-3-5-7-12/h3-9,13,18H,1-2H3,(H,17,19)/b9-8+/t13-/m1/s1. The van der Waals surface area contributed by atoms with Gasteiger partial charge >= 0.3 is 0 Å². The fraction of sp³-hybridized carbons (Fsp3) is 0.188. The van der Waals surface area contributed by atoms with E-state index in [1.165, 1.54) is 4.88 Å². The Balaban J connectivity index is 1.82. The molecule has 1 atom stereocenters. The Bertz CT molecular complexity index is 673. The second kappa shape index (κ2) is 5.13. The van der Waals surface area contributed by atoms with E-state index in [0.717, 1.165) is 21.7 Å². The molecule has 3 rings (SSSR count). The van der Waals surface area contributed by atoms with Crippen molar-refractivity contribution in [2.75, 3.05) is 5.32 Å². The second-order valence-electron chi connectivity index (χ2n) is 4.85. The SMILES string of the molecule is Cc1sc2c(c1C)C(=O)N[C@@H](/C=C/c1ccccc1)N2. The van der Waals surface area contributed by atoms with Crippen LogP contribution < -0.4 is 10.6 Å². The first-order chi connectivity index (χ1) is 9.65. The second-order valence-corrected chi connectivity index (χ2v) is 6.08. The quantitative estimate of drug-likeness (QED) is 0.885. The summed E-state index contributed by atoms with van der Waals surface area (Å²) < 4.78 is 0. The van der Waals surface area contributed by atoms with E-state index in [1.54, 1.807) is 11.3 Å². The third-order valence-electron chi connectivity index (χ3n) is 3.47. The molecular formula is C16H16N2OS. The minimum atomic E-state index is -0.160. The topological polar surface area (TPSA) is 41.1 Å². The number of fused-ring (bicyclic) bond motifs is 1. The van der Waals surface area contributed by atoms with E-state index in [9.17, 15) is 4.79 Å². The summed E-state index contributed by atoms with van der Waals surface area (Å²) in [5, 5.41) is 7.29. The lowest BCUT2D eigenvalue weighted by molar-refractivity contribution is 0.0943. The molecule has 0 radical (unpaired) electrons. The van der Waals surface area contributed by atoms with E-state index in [2.05, 4.69) is 10.6 Å². The fourth-order valence-electron chi connectivity index (χ4n) is 2.26. The summed E-state index contributed by atoms with van der Waals surface area (Å²) in [4.78, 5) is 13.3. The smallest absolute Gasteiger partial charge is 0.256 e. The van der Waals surface area contributed by atoms with Gasteiger partial charge in [-0.15, -0.1) is 11.3 Å². The van der Waals surface area contributed by atoms with Crippen LogP contribution in [-0.2, 0) is 0 Å². The first-order valence-corrected chi connectivity index (χ1v) is 7.37. The lowest BCUT2D eigenvalue weighted by Gasteiger charge is -2.23. The van der Waals surface area contributed by atoms with Crippen LogP contribution in [0, 0.1) is 13.8 Å². The Hall–Kier alpha value is -2.07. The number of carbonyl (C=O) groups excluding carboxylic acids is 1. The number of aryl methyl sites for hydroxylation is 1. The van der Waals surface area contributed by atoms with Crippen molar-refractivity contribution in [1.29, 1.82) is 0 Å². The number of amides is 1. The van der Waals surface area contributed by atoms with Crippen LogP contribution in [-0.4, -0.2) is 12.1 Å². The van der Waals surface area contributed by atoms with Crippen molar-refractivity contribution in [1.82, 2.24) is 5.32 Å². The van der Waals surface area contributed by atoms with Gasteiger partial charge in [0, 0.05) is 4.88 Å². The molecule has 20 heavy (non-hydrogen) atoms. The van der Waals surface area contributed by atoms with E-state index in [-0.39, 0.29) is 12.1 Å². The van der Waals surface area contributed by atoms with E-state index in [4.69, 9.17) is 0 Å². The van der Waals surface area contributed by atoms with Gasteiger partial charge in [0.1, 0.15) is 11.2 Å². The molecule has 0 fully saturated rings. The number of benzene rings is 1. The van der Waals surface area contributed by atoms with Crippen LogP contribution in [0.5, 0.6) is 0 Å². The normalized spacial score (nSPS) is 17.7. The summed E-state index contributed by atoms with van der Waals surface area (Å²) >= 11 is 1.64. The van der Waals surface area contributed by atoms with Crippen LogP contribution in [0.25, 0.3) is 6.08 Å². The molecule has 102 valence electrons. The largest absolute Gasteiger partial charge is 0.353 e.